The van der Waals surface area contributed by atoms with E-state index in [9.17, 15) is 10.2 Å². The molecule has 1 saturated carbocycles. The van der Waals surface area contributed by atoms with Crippen LogP contribution >= 0.6 is 0 Å². The number of aliphatic hydroxyl groups is 2. The molecule has 0 unspecified atom stereocenters. The fourth-order valence-electron chi connectivity index (χ4n) is 4.10. The monoisotopic (exact) mass is 364 g/mol. The van der Waals surface area contributed by atoms with Gasteiger partial charge < -0.3 is 29.9 Å². The van der Waals surface area contributed by atoms with Gasteiger partial charge in [0.1, 0.15) is 18.3 Å². The molecule has 4 rings (SSSR count). The minimum absolute atomic E-state index is 0.416. The van der Waals surface area contributed by atoms with Gasteiger partial charge in [-0.15, -0.1) is 0 Å². The van der Waals surface area contributed by atoms with Gasteiger partial charge in [-0.2, -0.15) is 4.98 Å². The number of anilines is 1. The van der Waals surface area contributed by atoms with Gasteiger partial charge in [-0.1, -0.05) is 0 Å². The lowest BCUT2D eigenvalue weighted by Crippen LogP contribution is -2.44. The zero-order chi connectivity index (χ0) is 18.1. The molecule has 2 aliphatic carbocycles. The number of fused-ring (bicyclic) bond motifs is 1. The van der Waals surface area contributed by atoms with E-state index in [1.165, 1.54) is 7.11 Å². The maximum atomic E-state index is 10.3. The molecule has 1 aromatic rings. The number of aliphatic hydroxyl groups excluding tert-OH is 2. The van der Waals surface area contributed by atoms with Gasteiger partial charge in [-0.3, -0.25) is 0 Å². The van der Waals surface area contributed by atoms with E-state index in [1.54, 1.807) is 0 Å². The number of nitrogens with zero attached hydrogens (tertiary/aromatic N) is 3. The van der Waals surface area contributed by atoms with Crippen molar-refractivity contribution in [2.45, 2.75) is 56.5 Å². The fraction of sp³-hybridized carbons (Fsp3) is 0.778. The second-order valence-electron chi connectivity index (χ2n) is 7.35. The molecular formula is C18H28N4O4. The van der Waals surface area contributed by atoms with Gasteiger partial charge in [0.05, 0.1) is 11.8 Å². The van der Waals surface area contributed by atoms with Gasteiger partial charge in [-0.05, 0) is 25.7 Å². The molecule has 8 heteroatoms. The number of aromatic nitrogens is 2. The lowest BCUT2D eigenvalue weighted by atomic mass is 9.97. The quantitative estimate of drug-likeness (QED) is 0.667. The van der Waals surface area contributed by atoms with Crippen molar-refractivity contribution in [3.63, 3.8) is 0 Å². The number of ether oxygens (including phenoxy) is 2. The maximum absolute atomic E-state index is 10.3. The van der Waals surface area contributed by atoms with E-state index in [2.05, 4.69) is 10.2 Å². The van der Waals surface area contributed by atoms with Crippen molar-refractivity contribution < 1.29 is 19.7 Å². The molecule has 0 amide bonds. The minimum atomic E-state index is -0.975. The first-order chi connectivity index (χ1) is 12.7. The highest BCUT2D eigenvalue weighted by atomic mass is 16.5. The Balaban J connectivity index is 1.61. The molecule has 2 heterocycles. The van der Waals surface area contributed by atoms with Crippen LogP contribution in [0, 0.1) is 0 Å². The lowest BCUT2D eigenvalue weighted by Gasteiger charge is -2.30. The molecule has 4 atom stereocenters. The van der Waals surface area contributed by atoms with Crippen LogP contribution < -0.4 is 15.0 Å². The summed E-state index contributed by atoms with van der Waals surface area (Å²) < 4.78 is 11.4. The normalized spacial score (nSPS) is 31.7. The van der Waals surface area contributed by atoms with Crippen LogP contribution in [-0.4, -0.2) is 77.9 Å². The van der Waals surface area contributed by atoms with Crippen molar-refractivity contribution in [1.82, 2.24) is 15.3 Å². The smallest absolute Gasteiger partial charge is 0.228 e. The standard InChI is InChI=1S/C18H28N4O4/c1-25-13-10-14(16(24)15(13)23)26-17-11-4-2-3-5-12(11)20-18(21-17)22-8-6-19-7-9-22/h13-16,19,23-24H,2-10H2,1H3/t13-,14+,15+,16-/m0/s1. The summed E-state index contributed by atoms with van der Waals surface area (Å²) in [4.78, 5) is 11.7. The molecule has 8 nitrogen and oxygen atoms in total. The molecule has 0 aromatic carbocycles. The van der Waals surface area contributed by atoms with Gasteiger partial charge in [-0.25, -0.2) is 4.98 Å². The third-order valence-electron chi connectivity index (χ3n) is 5.68. The SMILES string of the molecule is CO[C@H]1C[C@@H](Oc2nc(N3CCNCC3)nc3c2CCCC3)[C@H](O)[C@@H]1O. The van der Waals surface area contributed by atoms with Crippen molar-refractivity contribution >= 4 is 5.95 Å². The van der Waals surface area contributed by atoms with Crippen LogP contribution in [0.25, 0.3) is 0 Å². The Morgan fingerprint density at radius 3 is 2.50 bits per heavy atom. The zero-order valence-electron chi connectivity index (χ0n) is 15.2. The molecule has 26 heavy (non-hydrogen) atoms. The van der Waals surface area contributed by atoms with Crippen molar-refractivity contribution in [1.29, 1.82) is 0 Å². The Labute approximate surface area is 153 Å². The predicted octanol–water partition coefficient (Wildman–Crippen LogP) is -0.347. The largest absolute Gasteiger partial charge is 0.471 e. The van der Waals surface area contributed by atoms with E-state index in [0.717, 1.165) is 63.1 Å². The van der Waals surface area contributed by atoms with E-state index in [0.29, 0.717) is 18.2 Å². The highest BCUT2D eigenvalue weighted by Gasteiger charge is 2.44. The van der Waals surface area contributed by atoms with Gasteiger partial charge >= 0.3 is 0 Å². The number of nitrogens with one attached hydrogen (secondary N) is 1. The van der Waals surface area contributed by atoms with E-state index < -0.39 is 24.4 Å². The molecule has 3 N–H and O–H groups in total. The van der Waals surface area contributed by atoms with Crippen molar-refractivity contribution in [3.8, 4) is 5.88 Å². The molecule has 2 fully saturated rings. The molecule has 3 aliphatic rings. The van der Waals surface area contributed by atoms with Gasteiger partial charge in [0, 0.05) is 45.3 Å². The maximum Gasteiger partial charge on any atom is 0.228 e. The number of hydrogen-bond donors (Lipinski definition) is 3. The summed E-state index contributed by atoms with van der Waals surface area (Å²) >= 11 is 0. The van der Waals surface area contributed by atoms with E-state index in [1.807, 2.05) is 0 Å². The molecule has 0 spiro atoms. The Hall–Kier alpha value is -1.48. The highest BCUT2D eigenvalue weighted by Crippen LogP contribution is 2.33. The number of hydrogen-bond acceptors (Lipinski definition) is 8. The average Bonchev–Trinajstić information content (AvgIpc) is 2.96. The van der Waals surface area contributed by atoms with Crippen molar-refractivity contribution in [3.05, 3.63) is 11.3 Å². The summed E-state index contributed by atoms with van der Waals surface area (Å²) in [6.45, 7) is 3.57. The number of piperazine rings is 1. The van der Waals surface area contributed by atoms with Crippen LogP contribution in [0.5, 0.6) is 5.88 Å². The van der Waals surface area contributed by atoms with Crippen LogP contribution in [0.4, 0.5) is 5.95 Å². The first-order valence-corrected chi connectivity index (χ1v) is 9.58. The second-order valence-corrected chi connectivity index (χ2v) is 7.35. The summed E-state index contributed by atoms with van der Waals surface area (Å²) in [5.74, 6) is 1.27. The summed E-state index contributed by atoms with van der Waals surface area (Å²) in [5, 5.41) is 23.8. The molecule has 0 bridgehead atoms. The molecule has 144 valence electrons. The number of aryl methyl sites for hydroxylation is 1. The van der Waals surface area contributed by atoms with Crippen molar-refractivity contribution in [2.75, 3.05) is 38.2 Å². The third-order valence-corrected chi connectivity index (χ3v) is 5.68. The average molecular weight is 364 g/mol. The Morgan fingerprint density at radius 1 is 1.04 bits per heavy atom. The number of rotatable bonds is 4. The van der Waals surface area contributed by atoms with Crippen LogP contribution in [0.15, 0.2) is 0 Å². The Morgan fingerprint density at radius 2 is 1.77 bits per heavy atom. The van der Waals surface area contributed by atoms with Crippen LogP contribution in [-0.2, 0) is 17.6 Å². The molecule has 1 saturated heterocycles. The van der Waals surface area contributed by atoms with Crippen LogP contribution in [0.3, 0.4) is 0 Å². The van der Waals surface area contributed by atoms with Crippen LogP contribution in [0.2, 0.25) is 0 Å². The summed E-state index contributed by atoms with van der Waals surface area (Å²) in [5.41, 5.74) is 2.11. The minimum Gasteiger partial charge on any atom is -0.471 e. The highest BCUT2D eigenvalue weighted by molar-refractivity contribution is 5.42. The summed E-state index contributed by atoms with van der Waals surface area (Å²) in [6.07, 6.45) is 1.65. The van der Waals surface area contributed by atoms with Crippen molar-refractivity contribution in [2.24, 2.45) is 0 Å². The van der Waals surface area contributed by atoms with E-state index in [4.69, 9.17) is 19.4 Å². The molecule has 1 aliphatic heterocycles. The molecule has 1 aromatic heterocycles. The lowest BCUT2D eigenvalue weighted by molar-refractivity contribution is -0.0486. The van der Waals surface area contributed by atoms with Gasteiger partial charge in [0.25, 0.3) is 0 Å². The third kappa shape index (κ3) is 3.38. The topological polar surface area (TPSA) is 100.0 Å². The first kappa shape index (κ1) is 17.9. The number of methoxy groups -OCH3 is 1. The van der Waals surface area contributed by atoms with Crippen LogP contribution in [0.1, 0.15) is 30.5 Å². The summed E-state index contributed by atoms with van der Waals surface area (Å²) in [7, 11) is 1.54. The zero-order valence-corrected chi connectivity index (χ0v) is 15.2. The molecular weight excluding hydrogens is 336 g/mol. The molecule has 0 radical (unpaired) electrons. The van der Waals surface area contributed by atoms with Gasteiger partial charge in [0.15, 0.2) is 0 Å². The Bertz CT molecular complexity index is 638. The van der Waals surface area contributed by atoms with E-state index >= 15 is 0 Å². The first-order valence-electron chi connectivity index (χ1n) is 9.58. The summed E-state index contributed by atoms with van der Waals surface area (Å²) in [6, 6.07) is 0. The van der Waals surface area contributed by atoms with Gasteiger partial charge in [0.2, 0.25) is 11.8 Å². The predicted molar refractivity (Wildman–Crippen MR) is 95.6 cm³/mol. The Kier molecular flexibility index (Phi) is 5.26. The van der Waals surface area contributed by atoms with E-state index in [-0.39, 0.29) is 0 Å². The fourth-order valence-corrected chi connectivity index (χ4v) is 4.10. The second kappa shape index (κ2) is 7.64.